The summed E-state index contributed by atoms with van der Waals surface area (Å²) in [5.41, 5.74) is 0.449. The SMILES string of the molecule is CCCNS(=O)(=O)c1cccc(C(=O)N2CCCCC2CC)c1. The molecular weight excluding hydrogens is 312 g/mol. The molecular formula is C17H26N2O3S. The smallest absolute Gasteiger partial charge is 0.254 e. The summed E-state index contributed by atoms with van der Waals surface area (Å²) in [7, 11) is -3.55. The van der Waals surface area contributed by atoms with Gasteiger partial charge in [0.25, 0.3) is 5.91 Å². The van der Waals surface area contributed by atoms with Gasteiger partial charge in [0.2, 0.25) is 10.0 Å². The first kappa shape index (κ1) is 17.9. The van der Waals surface area contributed by atoms with Gasteiger partial charge >= 0.3 is 0 Å². The van der Waals surface area contributed by atoms with Crippen LogP contribution in [0, 0.1) is 0 Å². The number of carbonyl (C=O) groups excluding carboxylic acids is 1. The second-order valence-corrected chi connectivity index (χ2v) is 7.75. The number of amides is 1. The maximum atomic E-state index is 12.8. The Labute approximate surface area is 139 Å². The first-order chi connectivity index (χ1) is 11.0. The topological polar surface area (TPSA) is 66.5 Å². The van der Waals surface area contributed by atoms with Crippen LogP contribution in [0.5, 0.6) is 0 Å². The molecule has 23 heavy (non-hydrogen) atoms. The molecule has 0 spiro atoms. The molecule has 0 bridgehead atoms. The van der Waals surface area contributed by atoms with Crippen LogP contribution in [0.2, 0.25) is 0 Å². The van der Waals surface area contributed by atoms with Gasteiger partial charge in [-0.1, -0.05) is 19.9 Å². The van der Waals surface area contributed by atoms with Crippen LogP contribution in [0.4, 0.5) is 0 Å². The van der Waals surface area contributed by atoms with Gasteiger partial charge in [-0.05, 0) is 50.3 Å². The molecule has 1 atom stereocenters. The van der Waals surface area contributed by atoms with Gasteiger partial charge in [0.1, 0.15) is 0 Å². The Kier molecular flexibility index (Phi) is 6.18. The highest BCUT2D eigenvalue weighted by Gasteiger charge is 2.26. The number of piperidine rings is 1. The lowest BCUT2D eigenvalue weighted by molar-refractivity contribution is 0.0608. The predicted octanol–water partition coefficient (Wildman–Crippen LogP) is 2.78. The summed E-state index contributed by atoms with van der Waals surface area (Å²) in [6.07, 6.45) is 4.85. The summed E-state index contributed by atoms with van der Waals surface area (Å²) in [6.45, 7) is 5.14. The molecule has 1 aromatic carbocycles. The minimum Gasteiger partial charge on any atom is -0.336 e. The highest BCUT2D eigenvalue weighted by Crippen LogP contribution is 2.22. The highest BCUT2D eigenvalue weighted by molar-refractivity contribution is 7.89. The number of carbonyl (C=O) groups is 1. The fraction of sp³-hybridized carbons (Fsp3) is 0.588. The number of nitrogens with zero attached hydrogens (tertiary/aromatic N) is 1. The second kappa shape index (κ2) is 7.93. The van der Waals surface area contributed by atoms with Crippen LogP contribution in [0.3, 0.4) is 0 Å². The Morgan fingerprint density at radius 3 is 2.78 bits per heavy atom. The average molecular weight is 338 g/mol. The minimum absolute atomic E-state index is 0.0657. The van der Waals surface area contributed by atoms with E-state index >= 15 is 0 Å². The van der Waals surface area contributed by atoms with Crippen molar-refractivity contribution in [3.8, 4) is 0 Å². The lowest BCUT2D eigenvalue weighted by Crippen LogP contribution is -2.43. The van der Waals surface area contributed by atoms with Gasteiger partial charge in [-0.2, -0.15) is 0 Å². The van der Waals surface area contributed by atoms with Crippen molar-refractivity contribution in [2.45, 2.75) is 56.9 Å². The quantitative estimate of drug-likeness (QED) is 0.867. The van der Waals surface area contributed by atoms with Gasteiger partial charge in [0, 0.05) is 24.7 Å². The number of hydrogen-bond acceptors (Lipinski definition) is 3. The Morgan fingerprint density at radius 2 is 2.09 bits per heavy atom. The Hall–Kier alpha value is -1.40. The van der Waals surface area contributed by atoms with E-state index in [-0.39, 0.29) is 16.8 Å². The number of rotatable bonds is 6. The number of sulfonamides is 1. The summed E-state index contributed by atoms with van der Waals surface area (Å²) >= 11 is 0. The average Bonchev–Trinajstić information content (AvgIpc) is 2.59. The molecule has 5 nitrogen and oxygen atoms in total. The van der Waals surface area contributed by atoms with E-state index in [4.69, 9.17) is 0 Å². The first-order valence-corrected chi connectivity index (χ1v) is 9.88. The van der Waals surface area contributed by atoms with Crippen LogP contribution in [-0.2, 0) is 10.0 Å². The van der Waals surface area contributed by atoms with Crippen molar-refractivity contribution < 1.29 is 13.2 Å². The zero-order chi connectivity index (χ0) is 16.9. The monoisotopic (exact) mass is 338 g/mol. The minimum atomic E-state index is -3.55. The van der Waals surface area contributed by atoms with Crippen molar-refractivity contribution in [1.29, 1.82) is 0 Å². The molecule has 0 aliphatic carbocycles. The van der Waals surface area contributed by atoms with Gasteiger partial charge in [-0.3, -0.25) is 4.79 Å². The number of likely N-dealkylation sites (tertiary alicyclic amines) is 1. The molecule has 0 saturated carbocycles. The molecule has 0 radical (unpaired) electrons. The largest absolute Gasteiger partial charge is 0.336 e. The van der Waals surface area contributed by atoms with Crippen LogP contribution >= 0.6 is 0 Å². The molecule has 1 amide bonds. The van der Waals surface area contributed by atoms with Gasteiger partial charge in [0.15, 0.2) is 0 Å². The number of benzene rings is 1. The molecule has 1 unspecified atom stereocenters. The second-order valence-electron chi connectivity index (χ2n) is 5.98. The van der Waals surface area contributed by atoms with E-state index in [9.17, 15) is 13.2 Å². The van der Waals surface area contributed by atoms with Gasteiger partial charge in [-0.25, -0.2) is 13.1 Å². The van der Waals surface area contributed by atoms with Crippen LogP contribution in [0.25, 0.3) is 0 Å². The maximum Gasteiger partial charge on any atom is 0.254 e. The summed E-state index contributed by atoms with van der Waals surface area (Å²) in [5, 5.41) is 0. The lowest BCUT2D eigenvalue weighted by atomic mass is 9.99. The molecule has 1 N–H and O–H groups in total. The van der Waals surface area contributed by atoms with E-state index in [1.54, 1.807) is 12.1 Å². The predicted molar refractivity (Wildman–Crippen MR) is 90.9 cm³/mol. The number of nitrogens with one attached hydrogen (secondary N) is 1. The lowest BCUT2D eigenvalue weighted by Gasteiger charge is -2.35. The van der Waals surface area contributed by atoms with Crippen molar-refractivity contribution in [2.24, 2.45) is 0 Å². The molecule has 1 heterocycles. The molecule has 1 saturated heterocycles. The van der Waals surface area contributed by atoms with Crippen LogP contribution in [-0.4, -0.2) is 38.4 Å². The van der Waals surface area contributed by atoms with E-state index in [0.717, 1.165) is 38.6 Å². The maximum absolute atomic E-state index is 12.8. The summed E-state index contributed by atoms with van der Waals surface area (Å²) in [5.74, 6) is -0.0657. The van der Waals surface area contributed by atoms with Crippen LogP contribution in [0.15, 0.2) is 29.2 Å². The molecule has 0 aromatic heterocycles. The third-order valence-electron chi connectivity index (χ3n) is 4.29. The van der Waals surface area contributed by atoms with E-state index < -0.39 is 10.0 Å². The summed E-state index contributed by atoms with van der Waals surface area (Å²) in [6, 6.07) is 6.61. The van der Waals surface area contributed by atoms with E-state index in [1.165, 1.54) is 12.1 Å². The standard InChI is InChI=1S/C17H26N2O3S/c1-3-11-18-23(21,22)16-10-7-8-14(13-16)17(20)19-12-6-5-9-15(19)4-2/h7-8,10,13,15,18H,3-6,9,11-12H2,1-2H3. The van der Waals surface area contributed by atoms with Crippen molar-refractivity contribution in [3.63, 3.8) is 0 Å². The fourth-order valence-corrected chi connectivity index (χ4v) is 4.15. The normalized spacial score (nSPS) is 18.9. The molecule has 1 aliphatic rings. The van der Waals surface area contributed by atoms with E-state index in [1.807, 2.05) is 11.8 Å². The van der Waals surface area contributed by atoms with Gasteiger partial charge in [-0.15, -0.1) is 0 Å². The van der Waals surface area contributed by atoms with E-state index in [0.29, 0.717) is 12.1 Å². The Bertz CT molecular complexity index is 643. The summed E-state index contributed by atoms with van der Waals surface area (Å²) in [4.78, 5) is 14.8. The van der Waals surface area contributed by atoms with Crippen LogP contribution < -0.4 is 4.72 Å². The highest BCUT2D eigenvalue weighted by atomic mass is 32.2. The van der Waals surface area contributed by atoms with E-state index in [2.05, 4.69) is 11.6 Å². The summed E-state index contributed by atoms with van der Waals surface area (Å²) < 4.78 is 27.0. The zero-order valence-electron chi connectivity index (χ0n) is 13.9. The molecule has 1 aliphatic heterocycles. The van der Waals surface area contributed by atoms with Crippen molar-refractivity contribution in [1.82, 2.24) is 9.62 Å². The third-order valence-corrected chi connectivity index (χ3v) is 5.75. The first-order valence-electron chi connectivity index (χ1n) is 8.40. The van der Waals surface area contributed by atoms with Crippen LogP contribution in [0.1, 0.15) is 56.3 Å². The number of hydrogen-bond donors (Lipinski definition) is 1. The molecule has 2 rings (SSSR count). The Morgan fingerprint density at radius 1 is 1.30 bits per heavy atom. The molecule has 1 fully saturated rings. The third kappa shape index (κ3) is 4.32. The Balaban J connectivity index is 2.23. The van der Waals surface area contributed by atoms with Gasteiger partial charge in [0.05, 0.1) is 4.90 Å². The zero-order valence-corrected chi connectivity index (χ0v) is 14.7. The molecule has 128 valence electrons. The van der Waals surface area contributed by atoms with Crippen molar-refractivity contribution >= 4 is 15.9 Å². The molecule has 1 aromatic rings. The van der Waals surface area contributed by atoms with Crippen molar-refractivity contribution in [3.05, 3.63) is 29.8 Å². The van der Waals surface area contributed by atoms with Gasteiger partial charge < -0.3 is 4.90 Å². The van der Waals surface area contributed by atoms with Crippen molar-refractivity contribution in [2.75, 3.05) is 13.1 Å². The fourth-order valence-electron chi connectivity index (χ4n) is 2.97. The molecule has 6 heteroatoms.